The van der Waals surface area contributed by atoms with E-state index in [1.807, 2.05) is 39.0 Å². The van der Waals surface area contributed by atoms with E-state index < -0.39 is 15.6 Å². The summed E-state index contributed by atoms with van der Waals surface area (Å²) in [7, 11) is -1.97. The topological polar surface area (TPSA) is 84.9 Å². The minimum Gasteiger partial charge on any atom is -0.497 e. The van der Waals surface area contributed by atoms with Gasteiger partial charge in [0.05, 0.1) is 25.1 Å². The Morgan fingerprint density at radius 1 is 1.25 bits per heavy atom. The van der Waals surface area contributed by atoms with Gasteiger partial charge in [-0.2, -0.15) is 0 Å². The van der Waals surface area contributed by atoms with E-state index in [0.29, 0.717) is 24.3 Å². The maximum atomic E-state index is 12.7. The minimum absolute atomic E-state index is 0.113. The summed E-state index contributed by atoms with van der Waals surface area (Å²) in [6.45, 7) is 6.23. The molecule has 0 radical (unpaired) electrons. The molecule has 1 aliphatic rings. The molecule has 1 N–H and O–H groups in total. The molecule has 174 valence electrons. The van der Waals surface area contributed by atoms with E-state index in [4.69, 9.17) is 9.47 Å². The predicted molar refractivity (Wildman–Crippen MR) is 126 cm³/mol. The molecular weight excluding hydrogens is 428 g/mol. The average molecular weight is 461 g/mol. The number of ether oxygens (including phenoxy) is 2. The first-order chi connectivity index (χ1) is 15.0. The average Bonchev–Trinajstić information content (AvgIpc) is 2.69. The molecule has 1 heterocycles. The number of nitrogens with one attached hydrogen (secondary N) is 1. The Hall–Kier alpha value is -2.74. The molecule has 1 atom stereocenters. The van der Waals surface area contributed by atoms with Gasteiger partial charge in [0.15, 0.2) is 0 Å². The number of anilines is 1. The van der Waals surface area contributed by atoms with E-state index >= 15 is 0 Å². The molecule has 0 spiro atoms. The largest absolute Gasteiger partial charge is 0.497 e. The first kappa shape index (κ1) is 23.9. The van der Waals surface area contributed by atoms with Crippen molar-refractivity contribution >= 4 is 21.6 Å². The zero-order valence-electron chi connectivity index (χ0n) is 19.3. The number of fused-ring (bicyclic) bond motifs is 1. The molecule has 0 aliphatic carbocycles. The predicted octanol–water partition coefficient (Wildman–Crippen LogP) is 3.97. The summed E-state index contributed by atoms with van der Waals surface area (Å²) in [5, 5.41) is 3.11. The molecule has 1 unspecified atom stereocenters. The fourth-order valence-electron chi connectivity index (χ4n) is 3.99. The van der Waals surface area contributed by atoms with Crippen molar-refractivity contribution in [1.82, 2.24) is 5.32 Å². The van der Waals surface area contributed by atoms with E-state index in [-0.39, 0.29) is 24.9 Å². The van der Waals surface area contributed by atoms with Crippen molar-refractivity contribution in [2.75, 3.05) is 24.2 Å². The zero-order valence-corrected chi connectivity index (χ0v) is 20.2. The van der Waals surface area contributed by atoms with Crippen molar-refractivity contribution < 1.29 is 22.7 Å². The second-order valence-electron chi connectivity index (χ2n) is 8.87. The molecule has 3 rings (SSSR count). The molecule has 32 heavy (non-hydrogen) atoms. The monoisotopic (exact) mass is 460 g/mol. The Morgan fingerprint density at radius 2 is 2.00 bits per heavy atom. The fraction of sp³-hybridized carbons (Fsp3) is 0.458. The second kappa shape index (κ2) is 9.40. The molecule has 1 amide bonds. The molecule has 0 aromatic heterocycles. The Balaban J connectivity index is 1.65. The van der Waals surface area contributed by atoms with Crippen molar-refractivity contribution in [3.63, 3.8) is 0 Å². The van der Waals surface area contributed by atoms with Gasteiger partial charge in [0.25, 0.3) is 0 Å². The highest BCUT2D eigenvalue weighted by Gasteiger charge is 2.34. The highest BCUT2D eigenvalue weighted by Crippen LogP contribution is 2.40. The number of benzene rings is 2. The quantitative estimate of drug-likeness (QED) is 0.644. The lowest BCUT2D eigenvalue weighted by Gasteiger charge is -2.38. The smallest absolute Gasteiger partial charge is 0.232 e. The Morgan fingerprint density at radius 3 is 2.69 bits per heavy atom. The first-order valence-corrected chi connectivity index (χ1v) is 12.5. The van der Waals surface area contributed by atoms with Crippen LogP contribution in [0.3, 0.4) is 0 Å². The number of rotatable bonds is 8. The first-order valence-electron chi connectivity index (χ1n) is 10.7. The molecule has 0 fully saturated rings. The van der Waals surface area contributed by atoms with Gasteiger partial charge in [-0.15, -0.1) is 0 Å². The normalized spacial score (nSPS) is 17.1. The van der Waals surface area contributed by atoms with Crippen molar-refractivity contribution in [3.05, 3.63) is 53.6 Å². The number of methoxy groups -OCH3 is 1. The van der Waals surface area contributed by atoms with E-state index in [1.54, 1.807) is 24.3 Å². The van der Waals surface area contributed by atoms with E-state index in [1.165, 1.54) is 11.4 Å². The lowest BCUT2D eigenvalue weighted by molar-refractivity contribution is -0.122. The van der Waals surface area contributed by atoms with E-state index in [2.05, 4.69) is 5.32 Å². The summed E-state index contributed by atoms with van der Waals surface area (Å²) in [5.41, 5.74) is 2.20. The number of carbonyl (C=O) groups is 1. The van der Waals surface area contributed by atoms with Crippen LogP contribution in [0.4, 0.5) is 5.69 Å². The Kier molecular flexibility index (Phi) is 7.03. The zero-order chi connectivity index (χ0) is 23.5. The third-order valence-corrected chi connectivity index (χ3v) is 6.66. The maximum absolute atomic E-state index is 12.7. The van der Waals surface area contributed by atoms with Crippen LogP contribution in [0.1, 0.15) is 50.3 Å². The lowest BCUT2D eigenvalue weighted by Crippen LogP contribution is -2.41. The van der Waals surface area contributed by atoms with Gasteiger partial charge >= 0.3 is 0 Å². The number of nitrogens with zero attached hydrogens (tertiary/aromatic N) is 1. The molecule has 7 nitrogen and oxygen atoms in total. The highest BCUT2D eigenvalue weighted by molar-refractivity contribution is 7.92. The van der Waals surface area contributed by atoms with Gasteiger partial charge in [0.1, 0.15) is 17.1 Å². The standard InChI is InChI=1S/C24H32N2O5S/c1-17-11-12-20-21(16-24(2,3)31-22(20)14-17)25-23(27)10-7-13-26(32(5,28)29)18-8-6-9-19(15-18)30-4/h6,8-9,11-12,14-15,21H,7,10,13,16H2,1-5H3,(H,25,27). The highest BCUT2D eigenvalue weighted by atomic mass is 32.2. The summed E-state index contributed by atoms with van der Waals surface area (Å²) in [5.74, 6) is 1.26. The SMILES string of the molecule is COc1cccc(N(CCCC(=O)NC2CC(C)(C)Oc3cc(C)ccc32)S(C)(=O)=O)c1. The molecule has 2 aromatic carbocycles. The molecule has 0 saturated heterocycles. The third kappa shape index (κ3) is 5.94. The van der Waals surface area contributed by atoms with Crippen LogP contribution >= 0.6 is 0 Å². The molecule has 2 aromatic rings. The summed E-state index contributed by atoms with van der Waals surface area (Å²) in [6, 6.07) is 12.7. The third-order valence-electron chi connectivity index (χ3n) is 5.47. The fourth-order valence-corrected chi connectivity index (χ4v) is 4.95. The van der Waals surface area contributed by atoms with Gasteiger partial charge in [-0.3, -0.25) is 9.10 Å². The lowest BCUT2D eigenvalue weighted by atomic mass is 9.89. The number of carbonyl (C=O) groups excluding carboxylic acids is 1. The summed E-state index contributed by atoms with van der Waals surface area (Å²) in [6.07, 6.45) is 2.43. The number of amides is 1. The number of aryl methyl sites for hydroxylation is 1. The van der Waals surface area contributed by atoms with Crippen LogP contribution in [-0.4, -0.2) is 39.8 Å². The van der Waals surface area contributed by atoms with Gasteiger partial charge in [0, 0.05) is 31.0 Å². The molecule has 8 heteroatoms. The van der Waals surface area contributed by atoms with Crippen molar-refractivity contribution in [2.45, 2.75) is 51.7 Å². The number of hydrogen-bond donors (Lipinski definition) is 1. The molecular formula is C24H32N2O5S. The van der Waals surface area contributed by atoms with E-state index in [0.717, 1.165) is 23.1 Å². The summed E-state index contributed by atoms with van der Waals surface area (Å²) >= 11 is 0. The van der Waals surface area contributed by atoms with E-state index in [9.17, 15) is 13.2 Å². The van der Waals surface area contributed by atoms with Crippen molar-refractivity contribution in [1.29, 1.82) is 0 Å². The summed E-state index contributed by atoms with van der Waals surface area (Å²) in [4.78, 5) is 12.7. The summed E-state index contributed by atoms with van der Waals surface area (Å²) < 4.78 is 37.3. The van der Waals surface area contributed by atoms with Crippen LogP contribution in [0.2, 0.25) is 0 Å². The van der Waals surface area contributed by atoms with Crippen LogP contribution in [-0.2, 0) is 14.8 Å². The van der Waals surface area contributed by atoms with Gasteiger partial charge in [-0.05, 0) is 51.0 Å². The Labute approximate surface area is 190 Å². The van der Waals surface area contributed by atoms with Crippen LogP contribution in [0.15, 0.2) is 42.5 Å². The van der Waals surface area contributed by atoms with Crippen molar-refractivity contribution in [2.24, 2.45) is 0 Å². The van der Waals surface area contributed by atoms with Crippen LogP contribution in [0.25, 0.3) is 0 Å². The van der Waals surface area contributed by atoms with Crippen LogP contribution in [0, 0.1) is 6.92 Å². The second-order valence-corrected chi connectivity index (χ2v) is 10.8. The van der Waals surface area contributed by atoms with Crippen molar-refractivity contribution in [3.8, 4) is 11.5 Å². The number of hydrogen-bond acceptors (Lipinski definition) is 5. The number of sulfonamides is 1. The molecule has 1 aliphatic heterocycles. The van der Waals surface area contributed by atoms with Gasteiger partial charge < -0.3 is 14.8 Å². The molecule has 0 bridgehead atoms. The maximum Gasteiger partial charge on any atom is 0.232 e. The molecule has 0 saturated carbocycles. The van der Waals surface area contributed by atoms with Gasteiger partial charge in [-0.25, -0.2) is 8.42 Å². The van der Waals surface area contributed by atoms with Gasteiger partial charge in [0.2, 0.25) is 15.9 Å². The van der Waals surface area contributed by atoms with Crippen LogP contribution in [0.5, 0.6) is 11.5 Å². The van der Waals surface area contributed by atoms with Gasteiger partial charge in [-0.1, -0.05) is 18.2 Å². The van der Waals surface area contributed by atoms with Crippen LogP contribution < -0.4 is 19.1 Å². The minimum atomic E-state index is -3.50. The Bertz CT molecular complexity index is 1080.